The topological polar surface area (TPSA) is 41.6 Å². The number of para-hydroxylation sites is 1. The Labute approximate surface area is 130 Å². The summed E-state index contributed by atoms with van der Waals surface area (Å²) in [5.74, 6) is 0. The maximum Gasteiger partial charge on any atom is 0.0725 e. The lowest BCUT2D eigenvalue weighted by Gasteiger charge is -2.07. The molecule has 0 atom stereocenters. The Balaban J connectivity index is 0.00000156. The Morgan fingerprint density at radius 2 is 2.00 bits per heavy atom. The summed E-state index contributed by atoms with van der Waals surface area (Å²) in [4.78, 5) is 4.44. The molecule has 108 valence electrons. The maximum atomic E-state index is 4.44. The first-order valence-corrected chi connectivity index (χ1v) is 7.35. The third-order valence-corrected chi connectivity index (χ3v) is 3.86. The molecule has 0 saturated carbocycles. The van der Waals surface area contributed by atoms with Gasteiger partial charge in [0.1, 0.15) is 0 Å². The Hall–Kier alpha value is -2.94. The van der Waals surface area contributed by atoms with Gasteiger partial charge in [0, 0.05) is 18.6 Å². The quantitative estimate of drug-likeness (QED) is 0.737. The molecule has 4 rings (SSSR count). The molecule has 3 nitrogen and oxygen atoms in total. The van der Waals surface area contributed by atoms with E-state index in [4.69, 9.17) is 0 Å². The maximum absolute atomic E-state index is 4.44. The smallest absolute Gasteiger partial charge is 0.0725 e. The lowest BCUT2D eigenvalue weighted by atomic mass is 9.98. The number of H-pyrrole nitrogens is 1. The van der Waals surface area contributed by atoms with E-state index in [0.717, 1.165) is 34.1 Å². The molecule has 2 aromatic heterocycles. The highest BCUT2D eigenvalue weighted by atomic mass is 15.1. The van der Waals surface area contributed by atoms with Crippen molar-refractivity contribution >= 4 is 16.5 Å². The van der Waals surface area contributed by atoms with Gasteiger partial charge in [-0.25, -0.2) is 0 Å². The molecule has 0 radical (unpaired) electrons. The van der Waals surface area contributed by atoms with Gasteiger partial charge in [-0.1, -0.05) is 48.6 Å². The van der Waals surface area contributed by atoms with Gasteiger partial charge in [-0.05, 0) is 29.7 Å². The van der Waals surface area contributed by atoms with E-state index >= 15 is 0 Å². The molecule has 0 amide bonds. The zero-order valence-electron chi connectivity index (χ0n) is 12.0. The fourth-order valence-electron chi connectivity index (χ4n) is 2.81. The number of aromatic amines is 1. The highest BCUT2D eigenvalue weighted by Gasteiger charge is 2.13. The fourth-order valence-corrected chi connectivity index (χ4v) is 2.81. The monoisotopic (exact) mass is 287 g/mol. The van der Waals surface area contributed by atoms with Gasteiger partial charge in [0.2, 0.25) is 0 Å². The molecule has 0 spiro atoms. The van der Waals surface area contributed by atoms with Gasteiger partial charge in [-0.2, -0.15) is 5.10 Å². The molecule has 0 saturated heterocycles. The molecule has 1 N–H and O–H groups in total. The van der Waals surface area contributed by atoms with Crippen molar-refractivity contribution in [1.82, 2.24) is 15.2 Å². The molecule has 0 unspecified atom stereocenters. The molecule has 0 fully saturated rings. The molecule has 0 bridgehead atoms. The molecule has 3 aromatic rings. The zero-order chi connectivity index (χ0) is 14.8. The van der Waals surface area contributed by atoms with Crippen molar-refractivity contribution in [3.8, 4) is 11.1 Å². The highest BCUT2D eigenvalue weighted by Crippen LogP contribution is 2.32. The number of pyridine rings is 1. The first-order chi connectivity index (χ1) is 10.9. The summed E-state index contributed by atoms with van der Waals surface area (Å²) in [5, 5.41) is 8.56. The van der Waals surface area contributed by atoms with Crippen LogP contribution in [0.5, 0.6) is 0 Å². The summed E-state index contributed by atoms with van der Waals surface area (Å²) in [6.07, 6.45) is 15.3. The van der Waals surface area contributed by atoms with Crippen LogP contribution in [0.15, 0.2) is 73.1 Å². The van der Waals surface area contributed by atoms with Crippen molar-refractivity contribution in [2.75, 3.05) is 0 Å². The van der Waals surface area contributed by atoms with Crippen molar-refractivity contribution in [2.45, 2.75) is 6.42 Å². The number of nitrogens with zero attached hydrogens (tertiary/aromatic N) is 2. The minimum atomic E-state index is 0. The zero-order valence-corrected chi connectivity index (χ0v) is 12.0. The van der Waals surface area contributed by atoms with Gasteiger partial charge in [0.25, 0.3) is 0 Å². The SMILES string of the molecule is C1=CCC=C(c2[nH]ncc2-c2ccnc3ccccc23)C=C1.[HH]. The second kappa shape index (κ2) is 5.45. The van der Waals surface area contributed by atoms with Gasteiger partial charge < -0.3 is 0 Å². The van der Waals surface area contributed by atoms with Gasteiger partial charge in [-0.15, -0.1) is 0 Å². The van der Waals surface area contributed by atoms with Gasteiger partial charge in [0.05, 0.1) is 17.4 Å². The van der Waals surface area contributed by atoms with Crippen molar-refractivity contribution < 1.29 is 1.43 Å². The summed E-state index contributed by atoms with van der Waals surface area (Å²) < 4.78 is 0. The number of aromatic nitrogens is 3. The molecular formula is C19H17N3. The van der Waals surface area contributed by atoms with Gasteiger partial charge in [-0.3, -0.25) is 10.1 Å². The van der Waals surface area contributed by atoms with Crippen LogP contribution in [0.4, 0.5) is 0 Å². The minimum absolute atomic E-state index is 0. The number of fused-ring (bicyclic) bond motifs is 1. The summed E-state index contributed by atoms with van der Waals surface area (Å²) >= 11 is 0. The van der Waals surface area contributed by atoms with Crippen molar-refractivity contribution in [3.05, 3.63) is 78.8 Å². The number of benzene rings is 1. The average molecular weight is 287 g/mol. The van der Waals surface area contributed by atoms with E-state index in [2.05, 4.69) is 57.7 Å². The first kappa shape index (κ1) is 12.8. The lowest BCUT2D eigenvalue weighted by Crippen LogP contribution is -1.88. The van der Waals surface area contributed by atoms with E-state index in [1.165, 1.54) is 5.57 Å². The second-order valence-electron chi connectivity index (χ2n) is 5.22. The highest BCUT2D eigenvalue weighted by molar-refractivity contribution is 5.97. The van der Waals surface area contributed by atoms with E-state index in [9.17, 15) is 0 Å². The Morgan fingerprint density at radius 1 is 1.05 bits per heavy atom. The van der Waals surface area contributed by atoms with Crippen molar-refractivity contribution in [1.29, 1.82) is 0 Å². The molecule has 22 heavy (non-hydrogen) atoms. The predicted octanol–water partition coefficient (Wildman–Crippen LogP) is 4.77. The molecule has 1 aromatic carbocycles. The number of allylic oxidation sites excluding steroid dienone is 6. The van der Waals surface area contributed by atoms with Crippen LogP contribution < -0.4 is 0 Å². The standard InChI is InChI=1S/C19H15N3.H2/c1-2-4-8-14(7-3-1)19-17(13-21-22-19)15-11-12-20-18-10-6-5-9-16(15)18;/h1-3,5-13H,4H2,(H,21,22);1H. The number of hydrogen-bond donors (Lipinski definition) is 1. The van der Waals surface area contributed by atoms with E-state index in [1.807, 2.05) is 30.6 Å². The van der Waals surface area contributed by atoms with Crippen LogP contribution in [0.25, 0.3) is 27.6 Å². The molecule has 3 heteroatoms. The summed E-state index contributed by atoms with van der Waals surface area (Å²) in [5.41, 5.74) is 5.48. The lowest BCUT2D eigenvalue weighted by molar-refractivity contribution is 1.07. The second-order valence-corrected chi connectivity index (χ2v) is 5.22. The van der Waals surface area contributed by atoms with Crippen LogP contribution in [0.2, 0.25) is 0 Å². The van der Waals surface area contributed by atoms with Crippen LogP contribution in [-0.4, -0.2) is 15.2 Å². The minimum Gasteiger partial charge on any atom is -0.277 e. The Bertz CT molecular complexity index is 914. The average Bonchev–Trinajstić information content (AvgIpc) is 2.89. The summed E-state index contributed by atoms with van der Waals surface area (Å²) in [6.45, 7) is 0. The summed E-state index contributed by atoms with van der Waals surface area (Å²) in [6, 6.07) is 10.2. The van der Waals surface area contributed by atoms with Crippen molar-refractivity contribution in [2.24, 2.45) is 0 Å². The van der Waals surface area contributed by atoms with Gasteiger partial charge in [0.15, 0.2) is 0 Å². The normalized spacial score (nSPS) is 14.1. The largest absolute Gasteiger partial charge is 0.277 e. The third kappa shape index (κ3) is 2.17. The number of hydrogen-bond acceptors (Lipinski definition) is 2. The van der Waals surface area contributed by atoms with Crippen LogP contribution in [0.3, 0.4) is 0 Å². The number of rotatable bonds is 2. The van der Waals surface area contributed by atoms with Crippen LogP contribution in [0.1, 0.15) is 13.5 Å². The Morgan fingerprint density at radius 3 is 3.00 bits per heavy atom. The third-order valence-electron chi connectivity index (χ3n) is 3.86. The predicted molar refractivity (Wildman–Crippen MR) is 92.3 cm³/mol. The van der Waals surface area contributed by atoms with Crippen LogP contribution in [-0.2, 0) is 0 Å². The van der Waals surface area contributed by atoms with Crippen molar-refractivity contribution in [3.63, 3.8) is 0 Å². The first-order valence-electron chi connectivity index (χ1n) is 7.35. The fraction of sp³-hybridized carbons (Fsp3) is 0.0526. The molecule has 0 aliphatic heterocycles. The Kier molecular flexibility index (Phi) is 3.16. The van der Waals surface area contributed by atoms with E-state index in [-0.39, 0.29) is 1.43 Å². The van der Waals surface area contributed by atoms with E-state index in [0.29, 0.717) is 0 Å². The summed E-state index contributed by atoms with van der Waals surface area (Å²) in [7, 11) is 0. The number of nitrogens with one attached hydrogen (secondary N) is 1. The molecule has 2 heterocycles. The molecule has 1 aliphatic carbocycles. The van der Waals surface area contributed by atoms with Gasteiger partial charge >= 0.3 is 0 Å². The van der Waals surface area contributed by atoms with Crippen LogP contribution in [0, 0.1) is 0 Å². The van der Waals surface area contributed by atoms with Crippen LogP contribution >= 0.6 is 0 Å². The molecular weight excluding hydrogens is 270 g/mol. The van der Waals surface area contributed by atoms with E-state index in [1.54, 1.807) is 0 Å². The van der Waals surface area contributed by atoms with E-state index < -0.39 is 0 Å². The molecule has 1 aliphatic rings.